The number of nitrogens with zero attached hydrogens (tertiary/aromatic N) is 1. The van der Waals surface area contributed by atoms with Gasteiger partial charge in [-0.05, 0) is 38.3 Å². The van der Waals surface area contributed by atoms with Crippen LogP contribution in [-0.2, 0) is 9.53 Å². The van der Waals surface area contributed by atoms with Crippen LogP contribution < -0.4 is 15.4 Å². The first-order valence-electron chi connectivity index (χ1n) is 9.23. The van der Waals surface area contributed by atoms with Crippen LogP contribution in [0.15, 0.2) is 12.1 Å². The Balaban J connectivity index is 1.73. The van der Waals surface area contributed by atoms with Gasteiger partial charge in [0.05, 0.1) is 19.4 Å². The highest BCUT2D eigenvalue weighted by molar-refractivity contribution is 6.31. The SMILES string of the molecule is CCOC(=O)N1CCC(NCCC(=O)Nc2cc(C)c(Cl)cc2OC)CC1. The Hall–Kier alpha value is -1.99. The number of nitrogens with one attached hydrogen (secondary N) is 2. The standard InChI is InChI=1S/C19H28ClN3O4/c1-4-27-19(25)23-9-6-14(7-10-23)21-8-5-18(24)22-16-11-13(2)15(20)12-17(16)26-3/h11-12,14,21H,4-10H2,1-3H3,(H,22,24). The van der Waals surface area contributed by atoms with Gasteiger partial charge in [0.2, 0.25) is 5.91 Å². The third kappa shape index (κ3) is 6.29. The van der Waals surface area contributed by atoms with E-state index in [0.29, 0.717) is 55.2 Å². The fourth-order valence-corrected chi connectivity index (χ4v) is 3.17. The van der Waals surface area contributed by atoms with E-state index in [2.05, 4.69) is 10.6 Å². The lowest BCUT2D eigenvalue weighted by Gasteiger charge is -2.31. The Morgan fingerprint density at radius 3 is 2.63 bits per heavy atom. The maximum Gasteiger partial charge on any atom is 0.409 e. The number of benzene rings is 1. The van der Waals surface area contributed by atoms with Crippen LogP contribution in [0.1, 0.15) is 31.7 Å². The van der Waals surface area contributed by atoms with Gasteiger partial charge in [0, 0.05) is 43.2 Å². The lowest BCUT2D eigenvalue weighted by atomic mass is 10.1. The molecule has 0 aromatic heterocycles. The quantitative estimate of drug-likeness (QED) is 0.738. The van der Waals surface area contributed by atoms with Crippen molar-refractivity contribution in [1.82, 2.24) is 10.2 Å². The molecule has 27 heavy (non-hydrogen) atoms. The molecule has 1 fully saturated rings. The van der Waals surface area contributed by atoms with E-state index in [1.807, 2.05) is 6.92 Å². The van der Waals surface area contributed by atoms with Gasteiger partial charge in [0.15, 0.2) is 0 Å². The van der Waals surface area contributed by atoms with E-state index in [1.165, 1.54) is 0 Å². The first kappa shape index (κ1) is 21.3. The van der Waals surface area contributed by atoms with Crippen molar-refractivity contribution in [3.63, 3.8) is 0 Å². The number of carbonyl (C=O) groups excluding carboxylic acids is 2. The van der Waals surface area contributed by atoms with Gasteiger partial charge in [0.1, 0.15) is 5.75 Å². The van der Waals surface area contributed by atoms with Crippen LogP contribution in [0, 0.1) is 6.92 Å². The number of ether oxygens (including phenoxy) is 2. The summed E-state index contributed by atoms with van der Waals surface area (Å²) in [5.41, 5.74) is 1.49. The molecule has 2 rings (SSSR count). The molecule has 2 amide bonds. The van der Waals surface area contributed by atoms with Gasteiger partial charge in [-0.3, -0.25) is 4.79 Å². The molecule has 1 aromatic carbocycles. The molecular weight excluding hydrogens is 370 g/mol. The van der Waals surface area contributed by atoms with Crippen LogP contribution in [0.4, 0.5) is 10.5 Å². The third-order valence-electron chi connectivity index (χ3n) is 4.56. The molecule has 0 aliphatic carbocycles. The maximum atomic E-state index is 12.2. The molecule has 0 unspecified atom stereocenters. The minimum atomic E-state index is -0.248. The molecule has 7 nitrogen and oxygen atoms in total. The Morgan fingerprint density at radius 1 is 1.30 bits per heavy atom. The number of rotatable bonds is 7. The predicted octanol–water partition coefficient (Wildman–Crippen LogP) is 3.20. The van der Waals surface area contributed by atoms with Crippen molar-refractivity contribution in [2.75, 3.05) is 38.7 Å². The Labute approximate surface area is 165 Å². The topological polar surface area (TPSA) is 79.9 Å². The average Bonchev–Trinajstić information content (AvgIpc) is 2.65. The zero-order chi connectivity index (χ0) is 19.8. The van der Waals surface area contributed by atoms with Crippen molar-refractivity contribution in [1.29, 1.82) is 0 Å². The van der Waals surface area contributed by atoms with Crippen LogP contribution in [0.3, 0.4) is 0 Å². The van der Waals surface area contributed by atoms with E-state index < -0.39 is 0 Å². The van der Waals surface area contributed by atoms with E-state index in [-0.39, 0.29) is 12.0 Å². The molecule has 1 saturated heterocycles. The molecular formula is C19H28ClN3O4. The van der Waals surface area contributed by atoms with Crippen molar-refractivity contribution in [3.05, 3.63) is 22.7 Å². The number of piperidine rings is 1. The summed E-state index contributed by atoms with van der Waals surface area (Å²) in [7, 11) is 1.54. The molecule has 150 valence electrons. The van der Waals surface area contributed by atoms with Crippen LogP contribution >= 0.6 is 11.6 Å². The van der Waals surface area contributed by atoms with Crippen molar-refractivity contribution in [2.45, 2.75) is 39.2 Å². The number of hydrogen-bond acceptors (Lipinski definition) is 5. The predicted molar refractivity (Wildman–Crippen MR) is 106 cm³/mol. The minimum Gasteiger partial charge on any atom is -0.495 e. The molecule has 1 aliphatic rings. The van der Waals surface area contributed by atoms with Gasteiger partial charge in [-0.25, -0.2) is 4.79 Å². The summed E-state index contributed by atoms with van der Waals surface area (Å²) in [5.74, 6) is 0.449. The summed E-state index contributed by atoms with van der Waals surface area (Å²) in [6.07, 6.45) is 1.81. The molecule has 1 heterocycles. The third-order valence-corrected chi connectivity index (χ3v) is 4.97. The minimum absolute atomic E-state index is 0.0912. The number of methoxy groups -OCH3 is 1. The number of anilines is 1. The number of halogens is 1. The lowest BCUT2D eigenvalue weighted by Crippen LogP contribution is -2.45. The number of hydrogen-bond donors (Lipinski definition) is 2. The van der Waals surface area contributed by atoms with Gasteiger partial charge in [-0.1, -0.05) is 11.6 Å². The van der Waals surface area contributed by atoms with Gasteiger partial charge < -0.3 is 25.0 Å². The molecule has 0 saturated carbocycles. The smallest absolute Gasteiger partial charge is 0.409 e. The first-order chi connectivity index (χ1) is 12.9. The maximum absolute atomic E-state index is 12.2. The molecule has 1 aliphatic heterocycles. The molecule has 0 radical (unpaired) electrons. The van der Waals surface area contributed by atoms with E-state index in [0.717, 1.165) is 18.4 Å². The second-order valence-electron chi connectivity index (χ2n) is 6.51. The van der Waals surface area contributed by atoms with Crippen molar-refractivity contribution in [3.8, 4) is 5.75 Å². The fraction of sp³-hybridized carbons (Fsp3) is 0.579. The summed E-state index contributed by atoms with van der Waals surface area (Å²) < 4.78 is 10.3. The van der Waals surface area contributed by atoms with E-state index in [1.54, 1.807) is 31.1 Å². The zero-order valence-corrected chi connectivity index (χ0v) is 16.9. The molecule has 0 atom stereocenters. The summed E-state index contributed by atoms with van der Waals surface area (Å²) in [4.78, 5) is 25.6. The van der Waals surface area contributed by atoms with Crippen LogP contribution in [0.2, 0.25) is 5.02 Å². The monoisotopic (exact) mass is 397 g/mol. The number of aryl methyl sites for hydroxylation is 1. The Kier molecular flexibility index (Phi) is 8.19. The van der Waals surface area contributed by atoms with Gasteiger partial charge in [-0.15, -0.1) is 0 Å². The van der Waals surface area contributed by atoms with E-state index >= 15 is 0 Å². The number of amides is 2. The van der Waals surface area contributed by atoms with Crippen molar-refractivity contribution in [2.24, 2.45) is 0 Å². The highest BCUT2D eigenvalue weighted by Crippen LogP contribution is 2.30. The van der Waals surface area contributed by atoms with Crippen LogP contribution in [-0.4, -0.2) is 56.3 Å². The second-order valence-corrected chi connectivity index (χ2v) is 6.92. The van der Waals surface area contributed by atoms with Gasteiger partial charge in [-0.2, -0.15) is 0 Å². The Morgan fingerprint density at radius 2 is 2.00 bits per heavy atom. The normalized spacial score (nSPS) is 14.7. The Bertz CT molecular complexity index is 661. The van der Waals surface area contributed by atoms with Crippen molar-refractivity contribution < 1.29 is 19.1 Å². The van der Waals surface area contributed by atoms with E-state index in [4.69, 9.17) is 21.1 Å². The van der Waals surface area contributed by atoms with Gasteiger partial charge in [0.25, 0.3) is 0 Å². The summed E-state index contributed by atoms with van der Waals surface area (Å²) in [6, 6.07) is 3.80. The number of carbonyl (C=O) groups is 2. The van der Waals surface area contributed by atoms with E-state index in [9.17, 15) is 9.59 Å². The molecule has 8 heteroatoms. The summed E-state index contributed by atoms with van der Waals surface area (Å²) >= 11 is 6.08. The number of likely N-dealkylation sites (tertiary alicyclic amines) is 1. The second kappa shape index (κ2) is 10.4. The lowest BCUT2D eigenvalue weighted by molar-refractivity contribution is -0.116. The average molecular weight is 398 g/mol. The van der Waals surface area contributed by atoms with Crippen LogP contribution in [0.5, 0.6) is 5.75 Å². The molecule has 0 bridgehead atoms. The molecule has 2 N–H and O–H groups in total. The van der Waals surface area contributed by atoms with Crippen molar-refractivity contribution >= 4 is 29.3 Å². The fourth-order valence-electron chi connectivity index (χ4n) is 3.01. The first-order valence-corrected chi connectivity index (χ1v) is 9.61. The zero-order valence-electron chi connectivity index (χ0n) is 16.1. The summed E-state index contributed by atoms with van der Waals surface area (Å²) in [5, 5.41) is 6.86. The van der Waals surface area contributed by atoms with Gasteiger partial charge >= 0.3 is 6.09 Å². The highest BCUT2D eigenvalue weighted by Gasteiger charge is 2.23. The summed E-state index contributed by atoms with van der Waals surface area (Å²) in [6.45, 7) is 5.99. The van der Waals surface area contributed by atoms with Crippen LogP contribution in [0.25, 0.3) is 0 Å². The highest BCUT2D eigenvalue weighted by atomic mass is 35.5. The largest absolute Gasteiger partial charge is 0.495 e. The molecule has 0 spiro atoms. The molecule has 1 aromatic rings.